The molecule has 0 aliphatic rings. The molecule has 0 saturated heterocycles. The van der Waals surface area contributed by atoms with Gasteiger partial charge in [0.05, 0.1) is 13.7 Å². The number of rotatable bonds is 9. The number of benzene rings is 1. The van der Waals surface area contributed by atoms with E-state index in [-0.39, 0.29) is 6.04 Å². The van der Waals surface area contributed by atoms with Crippen LogP contribution in [0, 0.1) is 5.92 Å². The van der Waals surface area contributed by atoms with Crippen LogP contribution in [0.25, 0.3) is 0 Å². The first-order valence-electron chi connectivity index (χ1n) is 7.68. The number of hydrogen-bond acceptors (Lipinski definition) is 3. The first kappa shape index (κ1) is 16.8. The number of nitrogens with two attached hydrogens (primary N) is 1. The summed E-state index contributed by atoms with van der Waals surface area (Å²) in [5.74, 6) is 2.20. The second-order valence-corrected chi connectivity index (χ2v) is 5.43. The van der Waals surface area contributed by atoms with Gasteiger partial charge in [-0.3, -0.25) is 0 Å². The monoisotopic (exact) mass is 279 g/mol. The number of unbranched alkanes of at least 4 members (excludes halogenated alkanes) is 1. The quantitative estimate of drug-likeness (QED) is 0.732. The Bertz CT molecular complexity index is 391. The lowest BCUT2D eigenvalue weighted by Crippen LogP contribution is -2.12. The summed E-state index contributed by atoms with van der Waals surface area (Å²) in [5, 5.41) is 0. The lowest BCUT2D eigenvalue weighted by Gasteiger charge is -2.18. The van der Waals surface area contributed by atoms with E-state index in [9.17, 15) is 0 Å². The molecular formula is C17H29NO2. The van der Waals surface area contributed by atoms with Gasteiger partial charge in [0.2, 0.25) is 0 Å². The normalized spacial score (nSPS) is 13.8. The third-order valence-corrected chi connectivity index (χ3v) is 3.73. The van der Waals surface area contributed by atoms with Crippen LogP contribution in [-0.4, -0.2) is 13.7 Å². The van der Waals surface area contributed by atoms with E-state index in [4.69, 9.17) is 15.2 Å². The van der Waals surface area contributed by atoms with Crippen LogP contribution in [0.15, 0.2) is 18.2 Å². The largest absolute Gasteiger partial charge is 0.493 e. The maximum Gasteiger partial charge on any atom is 0.161 e. The molecule has 0 spiro atoms. The third kappa shape index (κ3) is 5.04. The number of ether oxygens (including phenoxy) is 2. The van der Waals surface area contributed by atoms with Gasteiger partial charge in [-0.15, -0.1) is 0 Å². The molecule has 0 aromatic heterocycles. The lowest BCUT2D eigenvalue weighted by atomic mass is 10.0. The Morgan fingerprint density at radius 1 is 1.20 bits per heavy atom. The Balaban J connectivity index is 2.66. The van der Waals surface area contributed by atoms with Crippen molar-refractivity contribution in [3.63, 3.8) is 0 Å². The van der Waals surface area contributed by atoms with E-state index in [1.807, 2.05) is 25.1 Å². The summed E-state index contributed by atoms with van der Waals surface area (Å²) in [6.07, 6.45) is 4.89. The highest BCUT2D eigenvalue weighted by Crippen LogP contribution is 2.30. The van der Waals surface area contributed by atoms with Crippen molar-refractivity contribution < 1.29 is 9.47 Å². The van der Waals surface area contributed by atoms with E-state index in [1.165, 1.54) is 19.3 Å². The summed E-state index contributed by atoms with van der Waals surface area (Å²) in [6, 6.07) is 5.94. The Labute approximate surface area is 123 Å². The van der Waals surface area contributed by atoms with Crippen LogP contribution in [0.4, 0.5) is 0 Å². The van der Waals surface area contributed by atoms with Gasteiger partial charge in [-0.1, -0.05) is 39.2 Å². The van der Waals surface area contributed by atoms with Crippen molar-refractivity contribution in [1.82, 2.24) is 0 Å². The summed E-state index contributed by atoms with van der Waals surface area (Å²) >= 11 is 0. The summed E-state index contributed by atoms with van der Waals surface area (Å²) in [5.41, 5.74) is 6.95. The van der Waals surface area contributed by atoms with Gasteiger partial charge in [-0.25, -0.2) is 0 Å². The minimum absolute atomic E-state index is 0.00546. The number of methoxy groups -OCH3 is 1. The van der Waals surface area contributed by atoms with E-state index in [2.05, 4.69) is 13.8 Å². The third-order valence-electron chi connectivity index (χ3n) is 3.73. The molecule has 1 aromatic rings. The molecule has 0 radical (unpaired) electrons. The van der Waals surface area contributed by atoms with E-state index in [0.29, 0.717) is 5.92 Å². The fourth-order valence-electron chi connectivity index (χ4n) is 2.19. The van der Waals surface area contributed by atoms with Crippen molar-refractivity contribution in [2.45, 2.75) is 52.5 Å². The topological polar surface area (TPSA) is 44.5 Å². The van der Waals surface area contributed by atoms with Crippen molar-refractivity contribution in [3.05, 3.63) is 23.8 Å². The van der Waals surface area contributed by atoms with Gasteiger partial charge >= 0.3 is 0 Å². The van der Waals surface area contributed by atoms with Crippen LogP contribution in [0.3, 0.4) is 0 Å². The second kappa shape index (κ2) is 8.85. The predicted octanol–water partition coefficient (Wildman–Crippen LogP) is 4.31. The van der Waals surface area contributed by atoms with Crippen molar-refractivity contribution in [2.75, 3.05) is 13.7 Å². The molecule has 1 unspecified atom stereocenters. The van der Waals surface area contributed by atoms with Crippen LogP contribution < -0.4 is 15.2 Å². The average Bonchev–Trinajstić information content (AvgIpc) is 2.47. The molecule has 0 aliphatic heterocycles. The highest BCUT2D eigenvalue weighted by atomic mass is 16.5. The highest BCUT2D eigenvalue weighted by molar-refractivity contribution is 5.43. The molecule has 0 heterocycles. The van der Waals surface area contributed by atoms with Crippen molar-refractivity contribution in [2.24, 2.45) is 11.7 Å². The molecule has 0 aliphatic carbocycles. The summed E-state index contributed by atoms with van der Waals surface area (Å²) < 4.78 is 11.3. The van der Waals surface area contributed by atoms with Crippen LogP contribution in [0.5, 0.6) is 11.5 Å². The molecule has 20 heavy (non-hydrogen) atoms. The van der Waals surface area contributed by atoms with Crippen molar-refractivity contribution >= 4 is 0 Å². The maximum absolute atomic E-state index is 5.95. The fourth-order valence-corrected chi connectivity index (χ4v) is 2.19. The van der Waals surface area contributed by atoms with Crippen LogP contribution in [-0.2, 0) is 0 Å². The summed E-state index contributed by atoms with van der Waals surface area (Å²) in [6.45, 7) is 7.17. The molecule has 0 bridgehead atoms. The Hall–Kier alpha value is -1.22. The fraction of sp³-hybridized carbons (Fsp3) is 0.647. The Morgan fingerprint density at radius 2 is 1.95 bits per heavy atom. The zero-order chi connectivity index (χ0) is 15.0. The van der Waals surface area contributed by atoms with E-state index in [1.54, 1.807) is 7.11 Å². The molecule has 0 saturated carbocycles. The first-order chi connectivity index (χ1) is 9.62. The van der Waals surface area contributed by atoms with E-state index in [0.717, 1.165) is 30.1 Å². The zero-order valence-corrected chi connectivity index (χ0v) is 13.3. The molecule has 3 heteroatoms. The minimum Gasteiger partial charge on any atom is -0.493 e. The van der Waals surface area contributed by atoms with Gasteiger partial charge in [0, 0.05) is 6.04 Å². The Morgan fingerprint density at radius 3 is 2.50 bits per heavy atom. The minimum atomic E-state index is 0.00546. The molecule has 0 fully saturated rings. The lowest BCUT2D eigenvalue weighted by molar-refractivity contribution is 0.224. The van der Waals surface area contributed by atoms with Gasteiger partial charge in [-0.2, -0.15) is 0 Å². The van der Waals surface area contributed by atoms with E-state index < -0.39 is 0 Å². The molecule has 2 N–H and O–H groups in total. The molecule has 0 amide bonds. The Kier molecular flexibility index (Phi) is 7.45. The van der Waals surface area contributed by atoms with Gasteiger partial charge in [0.1, 0.15) is 0 Å². The van der Waals surface area contributed by atoms with Gasteiger partial charge < -0.3 is 15.2 Å². The SMILES string of the molecule is CCCCC(CC)COc1ccc([C@H](C)N)cc1OC. The maximum atomic E-state index is 5.95. The van der Waals surface area contributed by atoms with Crippen molar-refractivity contribution in [1.29, 1.82) is 0 Å². The first-order valence-corrected chi connectivity index (χ1v) is 7.68. The van der Waals surface area contributed by atoms with Gasteiger partial charge in [0.15, 0.2) is 11.5 Å². The summed E-state index contributed by atoms with van der Waals surface area (Å²) in [4.78, 5) is 0. The van der Waals surface area contributed by atoms with Crippen molar-refractivity contribution in [3.8, 4) is 11.5 Å². The standard InChI is InChI=1S/C17H29NO2/c1-5-7-8-14(6-2)12-20-16-10-9-15(13(3)18)11-17(16)19-4/h9-11,13-14H,5-8,12,18H2,1-4H3/t13-,14?/m0/s1. The smallest absolute Gasteiger partial charge is 0.161 e. The molecule has 1 aromatic carbocycles. The molecule has 1 rings (SSSR count). The van der Waals surface area contributed by atoms with Crippen LogP contribution in [0.2, 0.25) is 0 Å². The van der Waals surface area contributed by atoms with Crippen LogP contribution >= 0.6 is 0 Å². The van der Waals surface area contributed by atoms with Gasteiger partial charge in [-0.05, 0) is 37.0 Å². The average molecular weight is 279 g/mol. The predicted molar refractivity (Wildman–Crippen MR) is 84.4 cm³/mol. The second-order valence-electron chi connectivity index (χ2n) is 5.43. The molecular weight excluding hydrogens is 250 g/mol. The highest BCUT2D eigenvalue weighted by Gasteiger charge is 2.11. The molecule has 3 nitrogen and oxygen atoms in total. The van der Waals surface area contributed by atoms with Crippen LogP contribution in [0.1, 0.15) is 58.1 Å². The van der Waals surface area contributed by atoms with Gasteiger partial charge in [0.25, 0.3) is 0 Å². The molecule has 114 valence electrons. The molecule has 2 atom stereocenters. The zero-order valence-electron chi connectivity index (χ0n) is 13.3. The summed E-state index contributed by atoms with van der Waals surface area (Å²) in [7, 11) is 1.67. The number of hydrogen-bond donors (Lipinski definition) is 1. The van der Waals surface area contributed by atoms with E-state index >= 15 is 0 Å².